The van der Waals surface area contributed by atoms with Crippen LogP contribution in [0.1, 0.15) is 65.2 Å². The van der Waals surface area contributed by atoms with Crippen LogP contribution in [-0.2, 0) is 4.74 Å². The Morgan fingerprint density at radius 3 is 2.58 bits per heavy atom. The van der Waals surface area contributed by atoms with E-state index in [0.717, 1.165) is 32.1 Å². The van der Waals surface area contributed by atoms with E-state index in [-0.39, 0.29) is 23.5 Å². The highest BCUT2D eigenvalue weighted by molar-refractivity contribution is 5.15. The first-order valence-electron chi connectivity index (χ1n) is 10.0. The van der Waals surface area contributed by atoms with Gasteiger partial charge >= 0.3 is 0 Å². The van der Waals surface area contributed by atoms with Crippen LogP contribution < -0.4 is 0 Å². The van der Waals surface area contributed by atoms with Crippen LogP contribution in [0.5, 0.6) is 0 Å². The van der Waals surface area contributed by atoms with E-state index in [0.29, 0.717) is 29.1 Å². The summed E-state index contributed by atoms with van der Waals surface area (Å²) >= 11 is 0. The molecule has 0 saturated heterocycles. The van der Waals surface area contributed by atoms with Crippen LogP contribution >= 0.6 is 0 Å². The van der Waals surface area contributed by atoms with Crippen molar-refractivity contribution >= 4 is 0 Å². The molecule has 4 rings (SSSR count). The fraction of sp³-hybridized carbons (Fsp3) is 0.952. The highest BCUT2D eigenvalue weighted by Gasteiger charge is 2.63. The summed E-state index contributed by atoms with van der Waals surface area (Å²) in [6.45, 7) is 4.87. The van der Waals surface area contributed by atoms with Crippen LogP contribution in [0.4, 0.5) is 0 Å². The third-order valence-electron chi connectivity index (χ3n) is 9.00. The van der Waals surface area contributed by atoms with Gasteiger partial charge in [0.05, 0.1) is 24.2 Å². The van der Waals surface area contributed by atoms with Crippen LogP contribution in [0.3, 0.4) is 0 Å². The molecule has 24 heavy (non-hydrogen) atoms. The van der Waals surface area contributed by atoms with Crippen molar-refractivity contribution in [1.29, 1.82) is 5.26 Å². The zero-order valence-electron chi connectivity index (χ0n) is 15.5. The maximum Gasteiger partial charge on any atom is 0.0661 e. The van der Waals surface area contributed by atoms with E-state index in [1.54, 1.807) is 0 Å². The second-order valence-electron chi connectivity index (χ2n) is 9.75. The number of hydrogen-bond acceptors (Lipinski definition) is 3. The Hall–Kier alpha value is -0.590. The molecule has 0 aromatic rings. The van der Waals surface area contributed by atoms with Crippen LogP contribution in [0.25, 0.3) is 0 Å². The molecule has 4 fully saturated rings. The molecule has 4 aliphatic carbocycles. The van der Waals surface area contributed by atoms with Gasteiger partial charge in [-0.05, 0) is 85.9 Å². The van der Waals surface area contributed by atoms with Crippen molar-refractivity contribution in [1.82, 2.24) is 0 Å². The molecule has 3 nitrogen and oxygen atoms in total. The minimum atomic E-state index is -0.0936. The molecule has 0 bridgehead atoms. The van der Waals surface area contributed by atoms with Gasteiger partial charge < -0.3 is 9.84 Å². The molecule has 0 amide bonds. The molecular formula is C21H33NO2. The maximum atomic E-state index is 10.2. The van der Waals surface area contributed by atoms with Crippen molar-refractivity contribution in [3.05, 3.63) is 0 Å². The predicted octanol–water partition coefficient (Wildman–Crippen LogP) is 4.15. The molecule has 0 radical (unpaired) electrons. The molecule has 0 aromatic carbocycles. The zero-order valence-corrected chi connectivity index (χ0v) is 15.5. The average molecular weight is 332 g/mol. The Bertz CT molecular complexity index is 542. The number of methoxy groups -OCH3 is 1. The van der Waals surface area contributed by atoms with Gasteiger partial charge in [-0.25, -0.2) is 0 Å². The van der Waals surface area contributed by atoms with E-state index >= 15 is 0 Å². The largest absolute Gasteiger partial charge is 0.393 e. The van der Waals surface area contributed by atoms with Crippen LogP contribution in [-0.4, -0.2) is 24.4 Å². The zero-order chi connectivity index (χ0) is 17.1. The highest BCUT2D eigenvalue weighted by Crippen LogP contribution is 2.67. The van der Waals surface area contributed by atoms with Gasteiger partial charge in [-0.3, -0.25) is 0 Å². The van der Waals surface area contributed by atoms with Gasteiger partial charge in [-0.1, -0.05) is 13.8 Å². The standard InChI is InChI=1S/C21H33NO2/c1-20-9-8-15(23)10-13(20)4-6-16-17-7-5-14(12-22)21(17,2)11-18(24-3)19(16)20/h13-19,23H,4-11H2,1-3H3/t13?,14-,15-,16+,17?,18-,19?,20+,21-/m1/s1. The highest BCUT2D eigenvalue weighted by atomic mass is 16.5. The van der Waals surface area contributed by atoms with E-state index in [9.17, 15) is 10.4 Å². The Labute approximate surface area is 146 Å². The third-order valence-corrected chi connectivity index (χ3v) is 9.00. The second kappa shape index (κ2) is 5.71. The first-order valence-corrected chi connectivity index (χ1v) is 10.0. The summed E-state index contributed by atoms with van der Waals surface area (Å²) in [5.41, 5.74) is 0.461. The molecule has 3 unspecified atom stereocenters. The van der Waals surface area contributed by atoms with E-state index in [2.05, 4.69) is 19.9 Å². The fourth-order valence-corrected chi connectivity index (χ4v) is 7.76. The van der Waals surface area contributed by atoms with E-state index in [1.165, 1.54) is 19.3 Å². The molecule has 1 N–H and O–H groups in total. The van der Waals surface area contributed by atoms with Crippen molar-refractivity contribution in [3.8, 4) is 6.07 Å². The molecule has 9 atom stereocenters. The molecular weight excluding hydrogens is 298 g/mol. The first-order chi connectivity index (χ1) is 11.4. The summed E-state index contributed by atoms with van der Waals surface area (Å²) in [5, 5.41) is 19.8. The molecule has 3 heteroatoms. The van der Waals surface area contributed by atoms with Crippen molar-refractivity contribution in [2.45, 2.75) is 77.4 Å². The lowest BCUT2D eigenvalue weighted by atomic mass is 9.44. The van der Waals surface area contributed by atoms with Gasteiger partial charge in [0, 0.05) is 7.11 Å². The van der Waals surface area contributed by atoms with Gasteiger partial charge in [0.2, 0.25) is 0 Å². The van der Waals surface area contributed by atoms with Crippen molar-refractivity contribution in [2.24, 2.45) is 40.4 Å². The average Bonchev–Trinajstić information content (AvgIpc) is 2.90. The second-order valence-corrected chi connectivity index (χ2v) is 9.75. The van der Waals surface area contributed by atoms with E-state index < -0.39 is 0 Å². The Morgan fingerprint density at radius 2 is 1.88 bits per heavy atom. The van der Waals surface area contributed by atoms with Crippen molar-refractivity contribution < 1.29 is 9.84 Å². The molecule has 134 valence electrons. The number of nitrogens with zero attached hydrogens (tertiary/aromatic N) is 1. The minimum absolute atomic E-state index is 0.0936. The van der Waals surface area contributed by atoms with Gasteiger partial charge in [0.25, 0.3) is 0 Å². The summed E-state index contributed by atoms with van der Waals surface area (Å²) in [7, 11) is 1.88. The summed E-state index contributed by atoms with van der Waals surface area (Å²) in [6, 6.07) is 2.63. The monoisotopic (exact) mass is 331 g/mol. The van der Waals surface area contributed by atoms with Crippen LogP contribution in [0.2, 0.25) is 0 Å². The van der Waals surface area contributed by atoms with Crippen molar-refractivity contribution in [2.75, 3.05) is 7.11 Å². The van der Waals surface area contributed by atoms with E-state index in [1.807, 2.05) is 7.11 Å². The summed E-state index contributed by atoms with van der Waals surface area (Å²) in [4.78, 5) is 0. The van der Waals surface area contributed by atoms with Crippen LogP contribution in [0, 0.1) is 51.8 Å². The summed E-state index contributed by atoms with van der Waals surface area (Å²) in [6.07, 6.45) is 9.17. The van der Waals surface area contributed by atoms with E-state index in [4.69, 9.17) is 4.74 Å². The topological polar surface area (TPSA) is 53.2 Å². The summed E-state index contributed by atoms with van der Waals surface area (Å²) in [5.74, 6) is 2.88. The molecule has 0 heterocycles. The lowest BCUT2D eigenvalue weighted by molar-refractivity contribution is -0.183. The minimum Gasteiger partial charge on any atom is -0.393 e. The smallest absolute Gasteiger partial charge is 0.0661 e. The normalized spacial score (nSPS) is 56.7. The Kier molecular flexibility index (Phi) is 4.01. The number of fused-ring (bicyclic) bond motifs is 5. The SMILES string of the molecule is CO[C@@H]1C[C@@]2(C)C(CC[C@@H]2C#N)[C@@H]2CCC3C[C@H](O)CC[C@]3(C)C21. The number of aliphatic hydroxyl groups is 1. The molecule has 0 spiro atoms. The molecule has 0 aliphatic heterocycles. The van der Waals surface area contributed by atoms with Gasteiger partial charge in [-0.15, -0.1) is 0 Å². The predicted molar refractivity (Wildman–Crippen MR) is 93.0 cm³/mol. The molecule has 4 saturated carbocycles. The number of aliphatic hydroxyl groups excluding tert-OH is 1. The van der Waals surface area contributed by atoms with Gasteiger partial charge in [0.1, 0.15) is 0 Å². The first kappa shape index (κ1) is 16.9. The number of rotatable bonds is 1. The quantitative estimate of drug-likeness (QED) is 0.785. The Morgan fingerprint density at radius 1 is 1.08 bits per heavy atom. The lowest BCUT2D eigenvalue weighted by Crippen LogP contribution is -2.59. The number of ether oxygens (including phenoxy) is 1. The summed E-state index contributed by atoms with van der Waals surface area (Å²) < 4.78 is 6.10. The van der Waals surface area contributed by atoms with Gasteiger partial charge in [-0.2, -0.15) is 5.26 Å². The maximum absolute atomic E-state index is 10.2. The molecule has 0 aromatic heterocycles. The Balaban J connectivity index is 1.70. The number of hydrogen-bond donors (Lipinski definition) is 1. The number of nitriles is 1. The third kappa shape index (κ3) is 2.15. The van der Waals surface area contributed by atoms with Gasteiger partial charge in [0.15, 0.2) is 0 Å². The van der Waals surface area contributed by atoms with Crippen LogP contribution in [0.15, 0.2) is 0 Å². The lowest BCUT2D eigenvalue weighted by Gasteiger charge is -2.62. The fourth-order valence-electron chi connectivity index (χ4n) is 7.76. The van der Waals surface area contributed by atoms with Crippen molar-refractivity contribution in [3.63, 3.8) is 0 Å². The molecule has 4 aliphatic rings.